The SMILES string of the molecule is Cc1noc(C)c1C(C)NC(=O)Cc1ccc(N)cn1. The van der Waals surface area contributed by atoms with Crippen molar-refractivity contribution in [1.29, 1.82) is 0 Å². The van der Waals surface area contributed by atoms with Crippen LogP contribution in [-0.4, -0.2) is 16.0 Å². The Morgan fingerprint density at radius 3 is 2.75 bits per heavy atom. The molecule has 6 heteroatoms. The normalized spacial score (nSPS) is 12.2. The molecular weight excluding hydrogens is 256 g/mol. The quantitative estimate of drug-likeness (QED) is 0.884. The van der Waals surface area contributed by atoms with Crippen LogP contribution in [0.1, 0.15) is 35.7 Å². The molecule has 0 aromatic carbocycles. The molecule has 0 spiro atoms. The number of hydrogen-bond donors (Lipinski definition) is 2. The van der Waals surface area contributed by atoms with Gasteiger partial charge in [-0.1, -0.05) is 5.16 Å². The number of nitrogens with one attached hydrogen (secondary N) is 1. The second-order valence-electron chi connectivity index (χ2n) is 4.79. The molecule has 0 bridgehead atoms. The molecule has 1 amide bonds. The molecule has 0 radical (unpaired) electrons. The van der Waals surface area contributed by atoms with Gasteiger partial charge in [-0.05, 0) is 32.9 Å². The topological polar surface area (TPSA) is 94.0 Å². The van der Waals surface area contributed by atoms with Crippen LogP contribution in [-0.2, 0) is 11.2 Å². The fourth-order valence-corrected chi connectivity index (χ4v) is 2.18. The van der Waals surface area contributed by atoms with Crippen LogP contribution < -0.4 is 11.1 Å². The first-order chi connectivity index (χ1) is 9.47. The molecule has 2 aromatic heterocycles. The summed E-state index contributed by atoms with van der Waals surface area (Å²) in [6, 6.07) is 3.32. The monoisotopic (exact) mass is 274 g/mol. The van der Waals surface area contributed by atoms with Crippen molar-refractivity contribution < 1.29 is 9.32 Å². The van der Waals surface area contributed by atoms with Crippen molar-refractivity contribution in [3.63, 3.8) is 0 Å². The Kier molecular flexibility index (Phi) is 4.02. The van der Waals surface area contributed by atoms with Crippen LogP contribution in [0.15, 0.2) is 22.9 Å². The zero-order valence-corrected chi connectivity index (χ0v) is 11.8. The number of aromatic nitrogens is 2. The average Bonchev–Trinajstić information content (AvgIpc) is 2.72. The molecule has 2 aromatic rings. The predicted octanol–water partition coefficient (Wildman–Crippen LogP) is 1.69. The van der Waals surface area contributed by atoms with Gasteiger partial charge >= 0.3 is 0 Å². The van der Waals surface area contributed by atoms with Crippen molar-refractivity contribution in [2.24, 2.45) is 0 Å². The maximum Gasteiger partial charge on any atom is 0.226 e. The molecule has 2 rings (SSSR count). The molecule has 1 atom stereocenters. The van der Waals surface area contributed by atoms with Crippen LogP contribution in [0.2, 0.25) is 0 Å². The zero-order chi connectivity index (χ0) is 14.7. The van der Waals surface area contributed by atoms with Crippen LogP contribution >= 0.6 is 0 Å². The highest BCUT2D eigenvalue weighted by Gasteiger charge is 2.18. The molecular formula is C14H18N4O2. The molecule has 0 fully saturated rings. The first kappa shape index (κ1) is 14.0. The van der Waals surface area contributed by atoms with Gasteiger partial charge in [-0.15, -0.1) is 0 Å². The minimum atomic E-state index is -0.150. The van der Waals surface area contributed by atoms with Gasteiger partial charge in [0.15, 0.2) is 0 Å². The van der Waals surface area contributed by atoms with Gasteiger partial charge in [-0.25, -0.2) is 0 Å². The van der Waals surface area contributed by atoms with E-state index in [0.29, 0.717) is 11.4 Å². The van der Waals surface area contributed by atoms with E-state index in [2.05, 4.69) is 15.5 Å². The number of nitrogens with zero attached hydrogens (tertiary/aromatic N) is 2. The molecule has 1 unspecified atom stereocenters. The van der Waals surface area contributed by atoms with Crippen molar-refractivity contribution in [3.8, 4) is 0 Å². The summed E-state index contributed by atoms with van der Waals surface area (Å²) in [5, 5.41) is 6.80. The highest BCUT2D eigenvalue weighted by Crippen LogP contribution is 2.20. The Labute approximate surface area is 117 Å². The molecule has 6 nitrogen and oxygen atoms in total. The van der Waals surface area contributed by atoms with Gasteiger partial charge in [0.05, 0.1) is 30.0 Å². The number of aryl methyl sites for hydroxylation is 2. The lowest BCUT2D eigenvalue weighted by Crippen LogP contribution is -2.28. The molecule has 20 heavy (non-hydrogen) atoms. The van der Waals surface area contributed by atoms with E-state index in [9.17, 15) is 4.79 Å². The van der Waals surface area contributed by atoms with Crippen molar-refractivity contribution >= 4 is 11.6 Å². The average molecular weight is 274 g/mol. The number of amides is 1. The first-order valence-electron chi connectivity index (χ1n) is 6.40. The Balaban J connectivity index is 1.99. The Morgan fingerprint density at radius 1 is 1.45 bits per heavy atom. The zero-order valence-electron chi connectivity index (χ0n) is 11.8. The van der Waals surface area contributed by atoms with E-state index in [-0.39, 0.29) is 18.4 Å². The Morgan fingerprint density at radius 2 is 2.20 bits per heavy atom. The Hall–Kier alpha value is -2.37. The number of carbonyl (C=O) groups excluding carboxylic acids is 1. The van der Waals surface area contributed by atoms with Crippen LogP contribution in [0.25, 0.3) is 0 Å². The Bertz CT molecular complexity index is 585. The van der Waals surface area contributed by atoms with E-state index in [1.54, 1.807) is 18.3 Å². The van der Waals surface area contributed by atoms with E-state index >= 15 is 0 Å². The van der Waals surface area contributed by atoms with Gasteiger partial charge in [0, 0.05) is 11.3 Å². The summed E-state index contributed by atoms with van der Waals surface area (Å²) >= 11 is 0. The van der Waals surface area contributed by atoms with E-state index in [4.69, 9.17) is 10.3 Å². The van der Waals surface area contributed by atoms with E-state index in [1.807, 2.05) is 20.8 Å². The van der Waals surface area contributed by atoms with Gasteiger partial charge in [-0.2, -0.15) is 0 Å². The predicted molar refractivity (Wildman–Crippen MR) is 74.9 cm³/mol. The molecule has 0 saturated heterocycles. The summed E-state index contributed by atoms with van der Waals surface area (Å²) in [7, 11) is 0. The summed E-state index contributed by atoms with van der Waals surface area (Å²) in [5.74, 6) is 0.621. The molecule has 0 aliphatic carbocycles. The van der Waals surface area contributed by atoms with E-state index in [1.165, 1.54) is 0 Å². The molecule has 106 valence electrons. The lowest BCUT2D eigenvalue weighted by molar-refractivity contribution is -0.121. The standard InChI is InChI=1S/C14H18N4O2/c1-8(14-9(2)18-20-10(14)3)17-13(19)6-12-5-4-11(15)7-16-12/h4-5,7-8H,6,15H2,1-3H3,(H,17,19). The summed E-state index contributed by atoms with van der Waals surface area (Å²) in [5.41, 5.74) is 8.53. The highest BCUT2D eigenvalue weighted by molar-refractivity contribution is 5.78. The molecule has 0 aliphatic heterocycles. The lowest BCUT2D eigenvalue weighted by atomic mass is 10.1. The molecule has 2 heterocycles. The van der Waals surface area contributed by atoms with Gasteiger partial charge < -0.3 is 15.6 Å². The molecule has 0 saturated carbocycles. The van der Waals surface area contributed by atoms with Crippen molar-refractivity contribution in [3.05, 3.63) is 41.0 Å². The van der Waals surface area contributed by atoms with E-state index in [0.717, 1.165) is 17.0 Å². The van der Waals surface area contributed by atoms with Crippen LogP contribution in [0.5, 0.6) is 0 Å². The van der Waals surface area contributed by atoms with Gasteiger partial charge in [0.25, 0.3) is 0 Å². The second-order valence-corrected chi connectivity index (χ2v) is 4.79. The number of carbonyl (C=O) groups is 1. The summed E-state index contributed by atoms with van der Waals surface area (Å²) in [4.78, 5) is 16.1. The largest absolute Gasteiger partial charge is 0.397 e. The van der Waals surface area contributed by atoms with Crippen LogP contribution in [0, 0.1) is 13.8 Å². The van der Waals surface area contributed by atoms with Gasteiger partial charge in [0.2, 0.25) is 5.91 Å². The third kappa shape index (κ3) is 3.14. The minimum Gasteiger partial charge on any atom is -0.397 e. The highest BCUT2D eigenvalue weighted by atomic mass is 16.5. The van der Waals surface area contributed by atoms with Gasteiger partial charge in [-0.3, -0.25) is 9.78 Å². The maximum absolute atomic E-state index is 12.0. The number of anilines is 1. The first-order valence-corrected chi connectivity index (χ1v) is 6.40. The van der Waals surface area contributed by atoms with E-state index < -0.39 is 0 Å². The van der Waals surface area contributed by atoms with Gasteiger partial charge in [0.1, 0.15) is 5.76 Å². The van der Waals surface area contributed by atoms with Crippen molar-refractivity contribution in [1.82, 2.24) is 15.5 Å². The second kappa shape index (κ2) is 5.73. The molecule has 3 N–H and O–H groups in total. The van der Waals surface area contributed by atoms with Crippen molar-refractivity contribution in [2.75, 3.05) is 5.73 Å². The summed E-state index contributed by atoms with van der Waals surface area (Å²) in [6.07, 6.45) is 1.76. The number of rotatable bonds is 4. The summed E-state index contributed by atoms with van der Waals surface area (Å²) < 4.78 is 5.10. The smallest absolute Gasteiger partial charge is 0.226 e. The van der Waals surface area contributed by atoms with Crippen LogP contribution in [0.3, 0.4) is 0 Å². The number of nitrogens with two attached hydrogens (primary N) is 1. The summed E-state index contributed by atoms with van der Waals surface area (Å²) in [6.45, 7) is 5.59. The van der Waals surface area contributed by atoms with Crippen LogP contribution in [0.4, 0.5) is 5.69 Å². The third-order valence-electron chi connectivity index (χ3n) is 3.09. The fraction of sp³-hybridized carbons (Fsp3) is 0.357. The maximum atomic E-state index is 12.0. The number of hydrogen-bond acceptors (Lipinski definition) is 5. The minimum absolute atomic E-state index is 0.102. The fourth-order valence-electron chi connectivity index (χ4n) is 2.18. The third-order valence-corrected chi connectivity index (χ3v) is 3.09. The lowest BCUT2D eigenvalue weighted by Gasteiger charge is -2.13. The molecule has 0 aliphatic rings. The van der Waals surface area contributed by atoms with Crippen molar-refractivity contribution in [2.45, 2.75) is 33.2 Å². The number of pyridine rings is 1. The number of nitrogen functional groups attached to an aromatic ring is 1.